The summed E-state index contributed by atoms with van der Waals surface area (Å²) in [5.74, 6) is 1.74. The first-order valence-corrected chi connectivity index (χ1v) is 6.26. The molecule has 1 fully saturated rings. The molecule has 2 unspecified atom stereocenters. The van der Waals surface area contributed by atoms with Crippen LogP contribution in [0, 0.1) is 5.92 Å². The normalized spacial score (nSPS) is 25.4. The average molecular weight is 240 g/mol. The summed E-state index contributed by atoms with van der Waals surface area (Å²) in [5, 5.41) is 8.46. The minimum Gasteiger partial charge on any atom is -0.355 e. The van der Waals surface area contributed by atoms with Crippen LogP contribution in [0.15, 0.2) is 12.1 Å². The fraction of sp³-hybridized carbons (Fsp3) is 0.667. The van der Waals surface area contributed by atoms with Gasteiger partial charge in [0.25, 0.3) is 0 Å². The molecule has 0 bridgehead atoms. The lowest BCUT2D eigenvalue weighted by atomic mass is 9.86. The molecule has 1 aromatic rings. The van der Waals surface area contributed by atoms with Gasteiger partial charge in [-0.1, -0.05) is 31.4 Å². The fourth-order valence-corrected chi connectivity index (χ4v) is 2.54. The molecule has 1 aliphatic rings. The molecule has 2 atom stereocenters. The second-order valence-electron chi connectivity index (χ2n) is 4.75. The van der Waals surface area contributed by atoms with Crippen LogP contribution in [0.25, 0.3) is 0 Å². The Balaban J connectivity index is 2.06. The Kier molecular flexibility index (Phi) is 3.64. The molecule has 0 spiro atoms. The Morgan fingerprint density at radius 3 is 2.75 bits per heavy atom. The molecule has 0 aromatic carbocycles. The van der Waals surface area contributed by atoms with Gasteiger partial charge >= 0.3 is 0 Å². The topological polar surface area (TPSA) is 29.0 Å². The summed E-state index contributed by atoms with van der Waals surface area (Å²) >= 11 is 5.73. The number of rotatable bonds is 2. The van der Waals surface area contributed by atoms with Crippen molar-refractivity contribution in [2.75, 3.05) is 11.9 Å². The van der Waals surface area contributed by atoms with E-state index in [9.17, 15) is 0 Å². The zero-order valence-electron chi connectivity index (χ0n) is 9.86. The molecule has 1 heterocycles. The van der Waals surface area contributed by atoms with Crippen molar-refractivity contribution in [3.8, 4) is 0 Å². The van der Waals surface area contributed by atoms with Crippen LogP contribution in [0.5, 0.6) is 0 Å². The molecule has 2 rings (SSSR count). The number of aromatic nitrogens is 2. The molecule has 0 aliphatic heterocycles. The first kappa shape index (κ1) is 11.6. The van der Waals surface area contributed by atoms with Gasteiger partial charge in [-0.25, -0.2) is 0 Å². The molecule has 4 heteroatoms. The molecular formula is C12H18ClN3. The van der Waals surface area contributed by atoms with Crippen molar-refractivity contribution >= 4 is 17.4 Å². The lowest BCUT2D eigenvalue weighted by Gasteiger charge is -2.34. The van der Waals surface area contributed by atoms with E-state index in [0.29, 0.717) is 11.2 Å². The summed E-state index contributed by atoms with van der Waals surface area (Å²) in [4.78, 5) is 2.24. The zero-order valence-corrected chi connectivity index (χ0v) is 10.6. The quantitative estimate of drug-likeness (QED) is 0.794. The molecule has 0 amide bonds. The van der Waals surface area contributed by atoms with Crippen molar-refractivity contribution in [2.24, 2.45) is 5.92 Å². The Bertz CT molecular complexity index is 339. The summed E-state index contributed by atoms with van der Waals surface area (Å²) in [6, 6.07) is 4.33. The second kappa shape index (κ2) is 5.00. The minimum absolute atomic E-state index is 0.453. The highest BCUT2D eigenvalue weighted by Gasteiger charge is 2.23. The van der Waals surface area contributed by atoms with Crippen LogP contribution >= 0.6 is 11.6 Å². The van der Waals surface area contributed by atoms with Gasteiger partial charge in [-0.15, -0.1) is 10.2 Å². The highest BCUT2D eigenvalue weighted by molar-refractivity contribution is 6.29. The predicted octanol–water partition coefficient (Wildman–Crippen LogP) is 3.14. The van der Waals surface area contributed by atoms with E-state index in [1.807, 2.05) is 6.07 Å². The SMILES string of the molecule is CC1CCCC(N(C)c2ccc(Cl)nn2)C1. The van der Waals surface area contributed by atoms with Crippen molar-refractivity contribution in [3.05, 3.63) is 17.3 Å². The lowest BCUT2D eigenvalue weighted by Crippen LogP contribution is -2.36. The number of hydrogen-bond donors (Lipinski definition) is 0. The molecule has 1 aromatic heterocycles. The van der Waals surface area contributed by atoms with E-state index in [0.717, 1.165) is 11.7 Å². The van der Waals surface area contributed by atoms with Gasteiger partial charge in [0.2, 0.25) is 0 Å². The van der Waals surface area contributed by atoms with Gasteiger partial charge in [0.15, 0.2) is 11.0 Å². The van der Waals surface area contributed by atoms with E-state index >= 15 is 0 Å². The monoisotopic (exact) mass is 239 g/mol. The highest BCUT2D eigenvalue weighted by atomic mass is 35.5. The summed E-state index contributed by atoms with van der Waals surface area (Å²) in [6.45, 7) is 2.33. The maximum atomic E-state index is 5.73. The highest BCUT2D eigenvalue weighted by Crippen LogP contribution is 2.28. The number of anilines is 1. The third-order valence-electron chi connectivity index (χ3n) is 3.44. The number of halogens is 1. The third kappa shape index (κ3) is 2.64. The Hall–Kier alpha value is -0.830. The second-order valence-corrected chi connectivity index (χ2v) is 5.14. The summed E-state index contributed by atoms with van der Waals surface area (Å²) < 4.78 is 0. The maximum absolute atomic E-state index is 5.73. The molecule has 0 N–H and O–H groups in total. The van der Waals surface area contributed by atoms with E-state index in [4.69, 9.17) is 11.6 Å². The van der Waals surface area contributed by atoms with Crippen LogP contribution in [-0.4, -0.2) is 23.3 Å². The molecule has 1 aliphatic carbocycles. The molecule has 88 valence electrons. The summed E-state index contributed by atoms with van der Waals surface area (Å²) in [6.07, 6.45) is 5.18. The third-order valence-corrected chi connectivity index (χ3v) is 3.64. The van der Waals surface area contributed by atoms with Crippen LogP contribution in [0.2, 0.25) is 5.15 Å². The smallest absolute Gasteiger partial charge is 0.151 e. The molecule has 16 heavy (non-hydrogen) atoms. The van der Waals surface area contributed by atoms with Gasteiger partial charge in [-0.05, 0) is 30.9 Å². The number of hydrogen-bond acceptors (Lipinski definition) is 3. The van der Waals surface area contributed by atoms with Crippen molar-refractivity contribution in [2.45, 2.75) is 38.6 Å². The molecule has 0 saturated heterocycles. The van der Waals surface area contributed by atoms with Crippen LogP contribution in [0.3, 0.4) is 0 Å². The lowest BCUT2D eigenvalue weighted by molar-refractivity contribution is 0.335. The van der Waals surface area contributed by atoms with Crippen molar-refractivity contribution in [1.29, 1.82) is 0 Å². The Morgan fingerprint density at radius 1 is 1.31 bits per heavy atom. The summed E-state index contributed by atoms with van der Waals surface area (Å²) in [5.41, 5.74) is 0. The average Bonchev–Trinajstić information content (AvgIpc) is 2.29. The Morgan fingerprint density at radius 2 is 2.12 bits per heavy atom. The van der Waals surface area contributed by atoms with E-state index in [-0.39, 0.29) is 0 Å². The van der Waals surface area contributed by atoms with Gasteiger partial charge in [0.05, 0.1) is 0 Å². The number of nitrogens with zero attached hydrogens (tertiary/aromatic N) is 3. The van der Waals surface area contributed by atoms with Crippen molar-refractivity contribution in [1.82, 2.24) is 10.2 Å². The van der Waals surface area contributed by atoms with Gasteiger partial charge in [0.1, 0.15) is 0 Å². The standard InChI is InChI=1S/C12H18ClN3/c1-9-4-3-5-10(8-9)16(2)12-7-6-11(13)14-15-12/h6-7,9-10H,3-5,8H2,1-2H3. The first-order chi connectivity index (χ1) is 7.66. The van der Waals surface area contributed by atoms with E-state index in [2.05, 4.69) is 29.1 Å². The molecule has 1 saturated carbocycles. The molecule has 3 nitrogen and oxygen atoms in total. The minimum atomic E-state index is 0.453. The molecule has 0 radical (unpaired) electrons. The fourth-order valence-electron chi connectivity index (χ4n) is 2.44. The van der Waals surface area contributed by atoms with Crippen molar-refractivity contribution < 1.29 is 0 Å². The van der Waals surface area contributed by atoms with Crippen molar-refractivity contribution in [3.63, 3.8) is 0 Å². The van der Waals surface area contributed by atoms with E-state index in [1.165, 1.54) is 25.7 Å². The van der Waals surface area contributed by atoms with Gasteiger partial charge in [-0.2, -0.15) is 0 Å². The summed E-state index contributed by atoms with van der Waals surface area (Å²) in [7, 11) is 2.10. The van der Waals surface area contributed by atoms with Crippen LogP contribution in [-0.2, 0) is 0 Å². The van der Waals surface area contributed by atoms with Gasteiger partial charge in [-0.3, -0.25) is 0 Å². The zero-order chi connectivity index (χ0) is 11.5. The maximum Gasteiger partial charge on any atom is 0.151 e. The Labute approximate surface area is 102 Å². The van der Waals surface area contributed by atoms with Crippen LogP contribution < -0.4 is 4.90 Å². The first-order valence-electron chi connectivity index (χ1n) is 5.89. The van der Waals surface area contributed by atoms with E-state index < -0.39 is 0 Å². The van der Waals surface area contributed by atoms with Gasteiger partial charge < -0.3 is 4.90 Å². The van der Waals surface area contributed by atoms with E-state index in [1.54, 1.807) is 6.07 Å². The predicted molar refractivity (Wildman–Crippen MR) is 66.9 cm³/mol. The van der Waals surface area contributed by atoms with Crippen LogP contribution in [0.4, 0.5) is 5.82 Å². The van der Waals surface area contributed by atoms with Crippen LogP contribution in [0.1, 0.15) is 32.6 Å². The molecular weight excluding hydrogens is 222 g/mol. The largest absolute Gasteiger partial charge is 0.355 e. The van der Waals surface area contributed by atoms with Gasteiger partial charge in [0, 0.05) is 13.1 Å².